The van der Waals surface area contributed by atoms with Crippen molar-refractivity contribution in [3.8, 4) is 0 Å². The van der Waals surface area contributed by atoms with Crippen molar-refractivity contribution in [2.45, 2.75) is 6.54 Å². The third-order valence-electron chi connectivity index (χ3n) is 1.67. The number of furan rings is 1. The first-order valence-corrected chi connectivity index (χ1v) is 6.07. The van der Waals surface area contributed by atoms with Gasteiger partial charge in [-0.15, -0.1) is 0 Å². The fourth-order valence-corrected chi connectivity index (χ4v) is 1.64. The van der Waals surface area contributed by atoms with Gasteiger partial charge in [-0.05, 0) is 50.7 Å². The molecular weight excluding hydrogens is 373 g/mol. The van der Waals surface area contributed by atoms with Crippen molar-refractivity contribution in [1.29, 1.82) is 0 Å². The van der Waals surface area contributed by atoms with Crippen molar-refractivity contribution in [2.75, 3.05) is 5.32 Å². The van der Waals surface area contributed by atoms with E-state index >= 15 is 0 Å². The van der Waals surface area contributed by atoms with Gasteiger partial charge in [0, 0.05) is 16.0 Å². The Kier molecular flexibility index (Phi) is 3.57. The highest BCUT2D eigenvalue weighted by molar-refractivity contribution is 14.1. The van der Waals surface area contributed by atoms with E-state index in [2.05, 4.69) is 53.8 Å². The summed E-state index contributed by atoms with van der Waals surface area (Å²) in [6.07, 6.45) is 3.52. The number of aromatic nitrogens is 2. The third kappa shape index (κ3) is 3.16. The first-order chi connectivity index (χ1) is 7.24. The lowest BCUT2D eigenvalue weighted by Crippen LogP contribution is -2.02. The van der Waals surface area contributed by atoms with Crippen LogP contribution in [0.5, 0.6) is 0 Å². The van der Waals surface area contributed by atoms with Crippen LogP contribution in [0.3, 0.4) is 0 Å². The summed E-state index contributed by atoms with van der Waals surface area (Å²) in [5.74, 6) is 1.44. The Morgan fingerprint density at radius 1 is 1.33 bits per heavy atom. The highest BCUT2D eigenvalue weighted by Gasteiger charge is 2.00. The molecule has 6 heteroatoms. The zero-order valence-electron chi connectivity index (χ0n) is 7.58. The van der Waals surface area contributed by atoms with Gasteiger partial charge in [0.2, 0.25) is 5.95 Å². The Labute approximate surface area is 109 Å². The van der Waals surface area contributed by atoms with Crippen LogP contribution in [0.25, 0.3) is 0 Å². The summed E-state index contributed by atoms with van der Waals surface area (Å²) in [5.41, 5.74) is 0. The molecule has 0 radical (unpaired) electrons. The lowest BCUT2D eigenvalue weighted by atomic mass is 10.4. The van der Waals surface area contributed by atoms with Gasteiger partial charge in [0.1, 0.15) is 5.76 Å². The number of anilines is 1. The van der Waals surface area contributed by atoms with Crippen molar-refractivity contribution in [3.63, 3.8) is 0 Å². The van der Waals surface area contributed by atoms with Gasteiger partial charge in [-0.3, -0.25) is 0 Å². The lowest BCUT2D eigenvalue weighted by molar-refractivity contribution is 0.495. The van der Waals surface area contributed by atoms with Crippen LogP contribution in [0.1, 0.15) is 5.76 Å². The molecular formula is C9H7BrIN3O. The van der Waals surface area contributed by atoms with Crippen LogP contribution >= 0.6 is 38.5 Å². The second-order valence-corrected chi connectivity index (χ2v) is 4.81. The summed E-state index contributed by atoms with van der Waals surface area (Å²) < 4.78 is 7.06. The summed E-state index contributed by atoms with van der Waals surface area (Å²) >= 11 is 5.40. The van der Waals surface area contributed by atoms with E-state index < -0.39 is 0 Å². The summed E-state index contributed by atoms with van der Waals surface area (Å²) in [6, 6.07) is 3.75. The van der Waals surface area contributed by atoms with Crippen LogP contribution in [-0.4, -0.2) is 9.97 Å². The van der Waals surface area contributed by atoms with Crippen LogP contribution in [0.15, 0.2) is 33.6 Å². The molecule has 78 valence electrons. The van der Waals surface area contributed by atoms with E-state index in [-0.39, 0.29) is 0 Å². The Hall–Kier alpha value is -0.630. The quantitative estimate of drug-likeness (QED) is 0.833. The normalized spacial score (nSPS) is 10.3. The van der Waals surface area contributed by atoms with Gasteiger partial charge >= 0.3 is 0 Å². The second kappa shape index (κ2) is 4.93. The van der Waals surface area contributed by atoms with Crippen LogP contribution in [-0.2, 0) is 6.54 Å². The fraction of sp³-hybridized carbons (Fsp3) is 0.111. The molecule has 4 nitrogen and oxygen atoms in total. The predicted octanol–water partition coefficient (Wildman–Crippen LogP) is 3.05. The fourth-order valence-electron chi connectivity index (χ4n) is 1.02. The van der Waals surface area contributed by atoms with Gasteiger partial charge < -0.3 is 9.73 Å². The zero-order valence-corrected chi connectivity index (χ0v) is 11.3. The van der Waals surface area contributed by atoms with Crippen molar-refractivity contribution < 1.29 is 4.42 Å². The smallest absolute Gasteiger partial charge is 0.223 e. The number of nitrogens with one attached hydrogen (secondary N) is 1. The first kappa shape index (κ1) is 10.9. The molecule has 0 aliphatic heterocycles. The Bertz CT molecular complexity index is 443. The van der Waals surface area contributed by atoms with Crippen molar-refractivity contribution >= 4 is 44.5 Å². The van der Waals surface area contributed by atoms with E-state index in [1.807, 2.05) is 12.1 Å². The number of halogens is 2. The maximum absolute atomic E-state index is 5.33. The minimum absolute atomic E-state index is 0.576. The van der Waals surface area contributed by atoms with E-state index in [0.717, 1.165) is 14.0 Å². The Morgan fingerprint density at radius 3 is 2.67 bits per heavy atom. The molecule has 0 saturated carbocycles. The summed E-state index contributed by atoms with van der Waals surface area (Å²) in [5, 5.41) is 3.06. The molecule has 0 aliphatic rings. The molecule has 2 aromatic heterocycles. The zero-order chi connectivity index (χ0) is 10.7. The lowest BCUT2D eigenvalue weighted by Gasteiger charge is -2.01. The summed E-state index contributed by atoms with van der Waals surface area (Å²) in [7, 11) is 0. The molecule has 2 aromatic rings. The molecule has 0 unspecified atom stereocenters. The average Bonchev–Trinajstić information content (AvgIpc) is 2.64. The largest absolute Gasteiger partial charge is 0.452 e. The minimum atomic E-state index is 0.576. The van der Waals surface area contributed by atoms with Gasteiger partial charge in [0.15, 0.2) is 4.67 Å². The van der Waals surface area contributed by atoms with Gasteiger partial charge in [-0.2, -0.15) is 0 Å². The molecule has 0 aliphatic carbocycles. The molecule has 0 spiro atoms. The molecule has 0 saturated heterocycles. The van der Waals surface area contributed by atoms with E-state index in [4.69, 9.17) is 4.42 Å². The number of rotatable bonds is 3. The molecule has 0 aromatic carbocycles. The van der Waals surface area contributed by atoms with E-state index in [1.165, 1.54) is 0 Å². The third-order valence-corrected chi connectivity index (χ3v) is 2.65. The molecule has 2 heterocycles. The van der Waals surface area contributed by atoms with Crippen LogP contribution in [0.4, 0.5) is 5.95 Å². The maximum Gasteiger partial charge on any atom is 0.223 e. The van der Waals surface area contributed by atoms with Crippen LogP contribution in [0.2, 0.25) is 0 Å². The van der Waals surface area contributed by atoms with E-state index in [9.17, 15) is 0 Å². The first-order valence-electron chi connectivity index (χ1n) is 4.19. The molecule has 0 fully saturated rings. The van der Waals surface area contributed by atoms with Gasteiger partial charge in [-0.1, -0.05) is 0 Å². The molecule has 0 bridgehead atoms. The summed E-state index contributed by atoms with van der Waals surface area (Å²) in [4.78, 5) is 8.23. The number of nitrogens with zero attached hydrogens (tertiary/aromatic N) is 2. The highest BCUT2D eigenvalue weighted by Crippen LogP contribution is 2.14. The average molecular weight is 380 g/mol. The van der Waals surface area contributed by atoms with Crippen molar-refractivity contribution in [1.82, 2.24) is 9.97 Å². The van der Waals surface area contributed by atoms with Crippen LogP contribution < -0.4 is 5.32 Å². The SMILES string of the molecule is Brc1ccc(CNc2ncc(I)cn2)o1. The Balaban J connectivity index is 1.96. The molecule has 0 atom stereocenters. The second-order valence-electron chi connectivity index (χ2n) is 2.78. The van der Waals surface area contributed by atoms with Gasteiger partial charge in [0.25, 0.3) is 0 Å². The van der Waals surface area contributed by atoms with Crippen LogP contribution in [0, 0.1) is 3.57 Å². The van der Waals surface area contributed by atoms with Crippen molar-refractivity contribution in [2.24, 2.45) is 0 Å². The molecule has 2 rings (SSSR count). The molecule has 15 heavy (non-hydrogen) atoms. The predicted molar refractivity (Wildman–Crippen MR) is 68.5 cm³/mol. The highest BCUT2D eigenvalue weighted by atomic mass is 127. The minimum Gasteiger partial charge on any atom is -0.452 e. The Morgan fingerprint density at radius 2 is 2.07 bits per heavy atom. The van der Waals surface area contributed by atoms with Gasteiger partial charge in [0.05, 0.1) is 6.54 Å². The van der Waals surface area contributed by atoms with E-state index in [0.29, 0.717) is 12.5 Å². The van der Waals surface area contributed by atoms with Crippen molar-refractivity contribution in [3.05, 3.63) is 38.5 Å². The molecule has 0 amide bonds. The maximum atomic E-state index is 5.33. The standard InChI is InChI=1S/C9H7BrIN3O/c10-8-2-1-7(15-8)5-14-9-12-3-6(11)4-13-9/h1-4H,5H2,(H,12,13,14). The topological polar surface area (TPSA) is 51.0 Å². The monoisotopic (exact) mass is 379 g/mol. The number of hydrogen-bond donors (Lipinski definition) is 1. The molecule has 1 N–H and O–H groups in total. The summed E-state index contributed by atoms with van der Waals surface area (Å²) in [6.45, 7) is 0.576. The van der Waals surface area contributed by atoms with E-state index in [1.54, 1.807) is 12.4 Å². The van der Waals surface area contributed by atoms with Gasteiger partial charge in [-0.25, -0.2) is 9.97 Å². The number of hydrogen-bond acceptors (Lipinski definition) is 4.